The first-order valence-corrected chi connectivity index (χ1v) is 17.0. The number of alkyl halides is 2. The average Bonchev–Trinajstić information content (AvgIpc) is 2.91. The molecule has 202 valence electrons. The maximum Gasteiger partial charge on any atom is 0.111 e. The van der Waals surface area contributed by atoms with E-state index in [0.717, 1.165) is 21.6 Å². The van der Waals surface area contributed by atoms with Crippen molar-refractivity contribution in [1.82, 2.24) is 0 Å². The maximum absolute atomic E-state index is 7.01. The molecule has 4 rings (SSSR count). The van der Waals surface area contributed by atoms with Gasteiger partial charge < -0.3 is 0 Å². The molecule has 0 saturated heterocycles. The van der Waals surface area contributed by atoms with Crippen LogP contribution in [0.5, 0.6) is 0 Å². The van der Waals surface area contributed by atoms with Gasteiger partial charge in [0.1, 0.15) is 9.49 Å². The summed E-state index contributed by atoms with van der Waals surface area (Å²) in [7, 11) is 2.33. The van der Waals surface area contributed by atoms with E-state index in [2.05, 4.69) is 0 Å². The van der Waals surface area contributed by atoms with Crippen LogP contribution in [-0.2, 0) is 9.49 Å². The van der Waals surface area contributed by atoms with Crippen molar-refractivity contribution in [3.05, 3.63) is 110 Å². The van der Waals surface area contributed by atoms with Gasteiger partial charge in [0.25, 0.3) is 0 Å². The summed E-state index contributed by atoms with van der Waals surface area (Å²) in [6, 6.07) is 14.0. The summed E-state index contributed by atoms with van der Waals surface area (Å²) in [5.74, 6) is 0. The first kappa shape index (κ1) is 32.5. The van der Waals surface area contributed by atoms with Crippen LogP contribution >= 0.6 is 161 Å². The van der Waals surface area contributed by atoms with Gasteiger partial charge in [0.05, 0.1) is 51.0 Å². The highest BCUT2D eigenvalue weighted by atomic mass is 35.5. The SMILES string of the molecule is ClC1=C(Cl)C(Cl)C(SSC2(c3ccccc3Cl)C(Cl)=C(Cl)C(Cl)=C(Cl)C2Cl)(c2ccccc2Cl)C(Cl)=C1Cl. The van der Waals surface area contributed by atoms with Crippen LogP contribution in [-0.4, -0.2) is 10.8 Å². The fourth-order valence-electron chi connectivity index (χ4n) is 3.94. The Kier molecular flexibility index (Phi) is 10.8. The Labute approximate surface area is 287 Å². The third-order valence-corrected chi connectivity index (χ3v) is 16.0. The molecule has 2 aromatic rings. The molecule has 4 unspecified atom stereocenters. The summed E-state index contributed by atoms with van der Waals surface area (Å²) in [5, 5.41) is -0.882. The molecule has 0 N–H and O–H groups in total. The Balaban J connectivity index is 2.00. The fraction of sp³-hybridized carbons (Fsp3) is 0.167. The van der Waals surface area contributed by atoms with Crippen LogP contribution in [0.15, 0.2) is 88.8 Å². The standard InChI is InChI=1S/C24H10Cl12S2/c25-11-7-3-1-5-9(11)23(19(33)15(29)13(27)16(30)20(23)34)37-38-24(10-6-2-4-8-12(10)26)21(35)17(31)14(28)18(32)22(24)36/h1-8,19,21H. The van der Waals surface area contributed by atoms with Crippen molar-refractivity contribution in [2.75, 3.05) is 0 Å². The quantitative estimate of drug-likeness (QED) is 0.219. The van der Waals surface area contributed by atoms with Gasteiger partial charge in [-0.1, -0.05) is 174 Å². The van der Waals surface area contributed by atoms with Gasteiger partial charge >= 0.3 is 0 Å². The summed E-state index contributed by atoms with van der Waals surface area (Å²) in [6.07, 6.45) is 0. The van der Waals surface area contributed by atoms with Crippen LogP contribution in [0.1, 0.15) is 11.1 Å². The van der Waals surface area contributed by atoms with Crippen LogP contribution in [0.3, 0.4) is 0 Å². The Morgan fingerprint density at radius 3 is 1.11 bits per heavy atom. The Morgan fingerprint density at radius 1 is 0.474 bits per heavy atom. The lowest BCUT2D eigenvalue weighted by molar-refractivity contribution is 0.754. The molecular formula is C24H10Cl12S2. The zero-order valence-electron chi connectivity index (χ0n) is 18.1. The summed E-state index contributed by atoms with van der Waals surface area (Å²) in [6.45, 7) is 0. The van der Waals surface area contributed by atoms with E-state index in [1.807, 2.05) is 0 Å². The van der Waals surface area contributed by atoms with E-state index in [-0.39, 0.29) is 40.3 Å². The molecule has 0 radical (unpaired) electrons. The molecule has 38 heavy (non-hydrogen) atoms. The molecule has 0 fully saturated rings. The predicted molar refractivity (Wildman–Crippen MR) is 176 cm³/mol. The van der Waals surface area contributed by atoms with Gasteiger partial charge in [-0.15, -0.1) is 23.2 Å². The Bertz CT molecular complexity index is 1320. The molecule has 2 aromatic carbocycles. The van der Waals surface area contributed by atoms with Crippen molar-refractivity contribution in [2.24, 2.45) is 0 Å². The van der Waals surface area contributed by atoms with Crippen LogP contribution in [0, 0.1) is 0 Å². The summed E-state index contributed by atoms with van der Waals surface area (Å²) in [5.41, 5.74) is 1.04. The number of halogens is 12. The zero-order valence-corrected chi connectivity index (χ0v) is 28.8. The van der Waals surface area contributed by atoms with E-state index in [1.54, 1.807) is 48.5 Å². The van der Waals surface area contributed by atoms with Crippen molar-refractivity contribution >= 4 is 161 Å². The summed E-state index contributed by atoms with van der Waals surface area (Å²) >= 11 is 80.4. The predicted octanol–water partition coefficient (Wildman–Crippen LogP) is 13.5. The van der Waals surface area contributed by atoms with Gasteiger partial charge in [-0.05, 0) is 23.3 Å². The molecule has 0 heterocycles. The Hall–Kier alpha value is 1.58. The van der Waals surface area contributed by atoms with E-state index in [0.29, 0.717) is 21.2 Å². The van der Waals surface area contributed by atoms with E-state index in [9.17, 15) is 0 Å². The normalized spacial score (nSPS) is 28.5. The van der Waals surface area contributed by atoms with Crippen molar-refractivity contribution in [3.8, 4) is 0 Å². The lowest BCUT2D eigenvalue weighted by Crippen LogP contribution is -2.40. The molecule has 14 heteroatoms. The molecule has 0 nitrogen and oxygen atoms in total. The van der Waals surface area contributed by atoms with Gasteiger partial charge in [0.15, 0.2) is 0 Å². The van der Waals surface area contributed by atoms with Gasteiger partial charge in [-0.2, -0.15) is 0 Å². The van der Waals surface area contributed by atoms with Gasteiger partial charge in [-0.25, -0.2) is 0 Å². The molecule has 0 aliphatic heterocycles. The topological polar surface area (TPSA) is 0 Å². The first-order valence-electron chi connectivity index (χ1n) is 10.2. The fourth-order valence-corrected chi connectivity index (χ4v) is 13.0. The molecule has 0 bridgehead atoms. The van der Waals surface area contributed by atoms with Crippen molar-refractivity contribution in [3.63, 3.8) is 0 Å². The minimum absolute atomic E-state index is 0.0155. The molecule has 0 amide bonds. The molecule has 0 aromatic heterocycles. The molecule has 0 spiro atoms. The lowest BCUT2D eigenvalue weighted by atomic mass is 9.90. The van der Waals surface area contributed by atoms with Crippen LogP contribution < -0.4 is 0 Å². The highest BCUT2D eigenvalue weighted by Gasteiger charge is 2.57. The van der Waals surface area contributed by atoms with Crippen molar-refractivity contribution in [1.29, 1.82) is 0 Å². The van der Waals surface area contributed by atoms with E-state index in [1.165, 1.54) is 0 Å². The monoisotopic (exact) mass is 782 g/mol. The highest BCUT2D eigenvalue weighted by molar-refractivity contribution is 8.77. The minimum Gasteiger partial charge on any atom is -0.114 e. The van der Waals surface area contributed by atoms with E-state index >= 15 is 0 Å². The van der Waals surface area contributed by atoms with Crippen LogP contribution in [0.2, 0.25) is 10.0 Å². The third kappa shape index (κ3) is 5.17. The largest absolute Gasteiger partial charge is 0.114 e. The van der Waals surface area contributed by atoms with Crippen LogP contribution in [0.25, 0.3) is 0 Å². The van der Waals surface area contributed by atoms with E-state index < -0.39 is 20.2 Å². The summed E-state index contributed by atoms with van der Waals surface area (Å²) in [4.78, 5) is 0. The Morgan fingerprint density at radius 2 is 0.789 bits per heavy atom. The molecular weight excluding hydrogens is 778 g/mol. The smallest absolute Gasteiger partial charge is 0.111 e. The van der Waals surface area contributed by atoms with Crippen molar-refractivity contribution in [2.45, 2.75) is 20.2 Å². The number of hydrogen-bond donors (Lipinski definition) is 0. The number of benzene rings is 2. The minimum atomic E-state index is -1.37. The second-order valence-corrected chi connectivity index (χ2v) is 15.3. The molecule has 4 atom stereocenters. The number of allylic oxidation sites excluding steroid dienone is 6. The average molecular weight is 788 g/mol. The van der Waals surface area contributed by atoms with Crippen LogP contribution in [0.4, 0.5) is 0 Å². The maximum atomic E-state index is 7.01. The first-order chi connectivity index (χ1) is 17.8. The lowest BCUT2D eigenvalue weighted by Gasteiger charge is -2.45. The zero-order chi connectivity index (χ0) is 28.2. The van der Waals surface area contributed by atoms with Gasteiger partial charge in [-0.3, -0.25) is 0 Å². The molecule has 2 aliphatic carbocycles. The van der Waals surface area contributed by atoms with E-state index in [4.69, 9.17) is 139 Å². The van der Waals surface area contributed by atoms with Gasteiger partial charge in [0, 0.05) is 10.0 Å². The third-order valence-electron chi connectivity index (χ3n) is 5.85. The number of hydrogen-bond acceptors (Lipinski definition) is 2. The van der Waals surface area contributed by atoms with Crippen molar-refractivity contribution < 1.29 is 0 Å². The highest BCUT2D eigenvalue weighted by Crippen LogP contribution is 2.69. The second kappa shape index (κ2) is 12.7. The second-order valence-electron chi connectivity index (χ2n) is 7.90. The number of rotatable bonds is 5. The molecule has 2 aliphatic rings. The summed E-state index contributed by atoms with van der Waals surface area (Å²) < 4.78 is -2.74. The molecule has 0 saturated carbocycles. The van der Waals surface area contributed by atoms with Gasteiger partial charge in [0.2, 0.25) is 0 Å².